The first-order valence-corrected chi connectivity index (χ1v) is 9.52. The highest BCUT2D eigenvalue weighted by Crippen LogP contribution is 2.17. The first kappa shape index (κ1) is 17.6. The molecule has 4 rings (SSSR count). The van der Waals surface area contributed by atoms with Crippen molar-refractivity contribution in [2.45, 2.75) is 32.4 Å². The Hall–Kier alpha value is -2.83. The zero-order valence-corrected chi connectivity index (χ0v) is 15.3. The first-order chi connectivity index (χ1) is 13.2. The maximum Gasteiger partial charge on any atom is 0.410 e. The van der Waals surface area contributed by atoms with Gasteiger partial charge in [0.2, 0.25) is 0 Å². The van der Waals surface area contributed by atoms with E-state index in [4.69, 9.17) is 4.74 Å². The topological polar surface area (TPSA) is 67.7 Å². The molecule has 2 aliphatic rings. The molecule has 2 aromatic rings. The first-order valence-electron chi connectivity index (χ1n) is 9.52. The molecule has 0 unspecified atom stereocenters. The van der Waals surface area contributed by atoms with Crippen molar-refractivity contribution in [3.63, 3.8) is 0 Å². The molecule has 0 N–H and O–H groups in total. The number of aryl methyl sites for hydroxylation is 2. The van der Waals surface area contributed by atoms with Gasteiger partial charge in [0.05, 0.1) is 0 Å². The van der Waals surface area contributed by atoms with Gasteiger partial charge in [0, 0.05) is 38.4 Å². The van der Waals surface area contributed by atoms with Crippen LogP contribution in [0.15, 0.2) is 36.4 Å². The zero-order valence-electron chi connectivity index (χ0n) is 15.3. The summed E-state index contributed by atoms with van der Waals surface area (Å²) >= 11 is 0. The second-order valence-corrected chi connectivity index (χ2v) is 7.02. The van der Waals surface area contributed by atoms with Gasteiger partial charge >= 0.3 is 6.09 Å². The molecule has 3 heterocycles. The summed E-state index contributed by atoms with van der Waals surface area (Å²) in [5.41, 5.74) is 2.63. The van der Waals surface area contributed by atoms with E-state index >= 15 is 0 Å². The van der Waals surface area contributed by atoms with E-state index in [9.17, 15) is 9.59 Å². The van der Waals surface area contributed by atoms with E-state index in [1.54, 1.807) is 9.80 Å². The van der Waals surface area contributed by atoms with Gasteiger partial charge in [-0.1, -0.05) is 30.3 Å². The summed E-state index contributed by atoms with van der Waals surface area (Å²) in [5.74, 6) is -0.0470. The molecule has 1 saturated heterocycles. The Labute approximate surface area is 158 Å². The van der Waals surface area contributed by atoms with E-state index in [0.29, 0.717) is 31.9 Å². The SMILES string of the molecule is O=C(OCc1ccccc1)N1CCN(C(=O)c2cc3n(n2)CCCC3)CC1. The number of rotatable bonds is 3. The lowest BCUT2D eigenvalue weighted by Crippen LogP contribution is -2.50. The number of aromatic nitrogens is 2. The van der Waals surface area contributed by atoms with Crippen molar-refractivity contribution in [1.29, 1.82) is 0 Å². The van der Waals surface area contributed by atoms with Crippen LogP contribution in [0.2, 0.25) is 0 Å². The van der Waals surface area contributed by atoms with Gasteiger partial charge in [0.15, 0.2) is 5.69 Å². The Balaban J connectivity index is 1.28. The monoisotopic (exact) mass is 368 g/mol. The lowest BCUT2D eigenvalue weighted by atomic mass is 10.1. The van der Waals surface area contributed by atoms with Crippen molar-refractivity contribution in [3.8, 4) is 0 Å². The lowest BCUT2D eigenvalue weighted by Gasteiger charge is -2.33. The van der Waals surface area contributed by atoms with E-state index in [0.717, 1.165) is 37.1 Å². The minimum Gasteiger partial charge on any atom is -0.445 e. The quantitative estimate of drug-likeness (QED) is 0.834. The summed E-state index contributed by atoms with van der Waals surface area (Å²) in [7, 11) is 0. The molecule has 0 aliphatic carbocycles. The molecular weight excluding hydrogens is 344 g/mol. The Morgan fingerprint density at radius 3 is 2.44 bits per heavy atom. The van der Waals surface area contributed by atoms with Gasteiger partial charge in [0.25, 0.3) is 5.91 Å². The summed E-state index contributed by atoms with van der Waals surface area (Å²) in [6.07, 6.45) is 2.93. The molecular formula is C20H24N4O3. The molecule has 0 atom stereocenters. The lowest BCUT2D eigenvalue weighted by molar-refractivity contribution is 0.0539. The molecule has 1 fully saturated rings. The Bertz CT molecular complexity index is 786. The molecule has 0 saturated carbocycles. The van der Waals surface area contributed by atoms with Gasteiger partial charge in [-0.15, -0.1) is 0 Å². The average Bonchev–Trinajstić information content (AvgIpc) is 3.16. The predicted molar refractivity (Wildman–Crippen MR) is 99.3 cm³/mol. The second-order valence-electron chi connectivity index (χ2n) is 7.02. The standard InChI is InChI=1S/C20H24N4O3/c25-19(18-14-17-8-4-5-9-24(17)21-18)22-10-12-23(13-11-22)20(26)27-15-16-6-2-1-3-7-16/h1-3,6-7,14H,4-5,8-13,15H2. The van der Waals surface area contributed by atoms with E-state index in [2.05, 4.69) is 5.10 Å². The second kappa shape index (κ2) is 7.82. The molecule has 2 aliphatic heterocycles. The zero-order chi connectivity index (χ0) is 18.6. The maximum atomic E-state index is 12.7. The molecule has 142 valence electrons. The normalized spacial score (nSPS) is 16.7. The van der Waals surface area contributed by atoms with Gasteiger partial charge < -0.3 is 14.5 Å². The molecule has 7 nitrogen and oxygen atoms in total. The number of hydrogen-bond donors (Lipinski definition) is 0. The van der Waals surface area contributed by atoms with Crippen LogP contribution in [-0.4, -0.2) is 57.8 Å². The highest BCUT2D eigenvalue weighted by molar-refractivity contribution is 5.92. The summed E-state index contributed by atoms with van der Waals surface area (Å²) in [5, 5.41) is 4.46. The largest absolute Gasteiger partial charge is 0.445 e. The summed E-state index contributed by atoms with van der Waals surface area (Å²) < 4.78 is 7.32. The molecule has 2 amide bonds. The van der Waals surface area contributed by atoms with Crippen LogP contribution in [0.4, 0.5) is 4.79 Å². The number of carbonyl (C=O) groups excluding carboxylic acids is 2. The number of benzene rings is 1. The highest BCUT2D eigenvalue weighted by Gasteiger charge is 2.27. The van der Waals surface area contributed by atoms with Gasteiger partial charge in [-0.05, 0) is 30.9 Å². The van der Waals surface area contributed by atoms with Crippen molar-refractivity contribution >= 4 is 12.0 Å². The van der Waals surface area contributed by atoms with Crippen LogP contribution in [0.5, 0.6) is 0 Å². The number of ether oxygens (including phenoxy) is 1. The van der Waals surface area contributed by atoms with Crippen LogP contribution in [0, 0.1) is 0 Å². The molecule has 1 aromatic carbocycles. The Morgan fingerprint density at radius 1 is 0.963 bits per heavy atom. The minimum absolute atomic E-state index is 0.0470. The minimum atomic E-state index is -0.330. The van der Waals surface area contributed by atoms with E-state index in [1.807, 2.05) is 41.1 Å². The number of piperazine rings is 1. The molecule has 1 aromatic heterocycles. The van der Waals surface area contributed by atoms with Crippen LogP contribution >= 0.6 is 0 Å². The van der Waals surface area contributed by atoms with Crippen LogP contribution in [0.25, 0.3) is 0 Å². The number of amides is 2. The third-order valence-electron chi connectivity index (χ3n) is 5.17. The van der Waals surface area contributed by atoms with Crippen molar-refractivity contribution < 1.29 is 14.3 Å². The highest BCUT2D eigenvalue weighted by atomic mass is 16.6. The number of carbonyl (C=O) groups is 2. The Morgan fingerprint density at radius 2 is 1.70 bits per heavy atom. The third-order valence-corrected chi connectivity index (χ3v) is 5.17. The van der Waals surface area contributed by atoms with Gasteiger partial charge in [-0.25, -0.2) is 4.79 Å². The fourth-order valence-corrected chi connectivity index (χ4v) is 3.59. The molecule has 0 radical (unpaired) electrons. The van der Waals surface area contributed by atoms with E-state index in [-0.39, 0.29) is 18.6 Å². The third kappa shape index (κ3) is 3.97. The van der Waals surface area contributed by atoms with Crippen molar-refractivity contribution in [3.05, 3.63) is 53.3 Å². The molecule has 0 bridgehead atoms. The van der Waals surface area contributed by atoms with Crippen molar-refractivity contribution in [1.82, 2.24) is 19.6 Å². The van der Waals surface area contributed by atoms with Crippen molar-refractivity contribution in [2.75, 3.05) is 26.2 Å². The number of hydrogen-bond acceptors (Lipinski definition) is 4. The smallest absolute Gasteiger partial charge is 0.410 e. The predicted octanol–water partition coefficient (Wildman–Crippen LogP) is 2.31. The molecule has 0 spiro atoms. The molecule has 7 heteroatoms. The Kier molecular flexibility index (Phi) is 5.09. The van der Waals surface area contributed by atoms with Gasteiger partial charge in [0.1, 0.15) is 6.61 Å². The van der Waals surface area contributed by atoms with Crippen LogP contribution in [0.1, 0.15) is 34.6 Å². The average molecular weight is 368 g/mol. The van der Waals surface area contributed by atoms with Crippen LogP contribution < -0.4 is 0 Å². The van der Waals surface area contributed by atoms with Gasteiger partial charge in [-0.2, -0.15) is 5.10 Å². The van der Waals surface area contributed by atoms with E-state index < -0.39 is 0 Å². The summed E-state index contributed by atoms with van der Waals surface area (Å²) in [6.45, 7) is 3.12. The maximum absolute atomic E-state index is 12.7. The van der Waals surface area contributed by atoms with Gasteiger partial charge in [-0.3, -0.25) is 9.48 Å². The fraction of sp³-hybridized carbons (Fsp3) is 0.450. The number of fused-ring (bicyclic) bond motifs is 1. The molecule has 27 heavy (non-hydrogen) atoms. The summed E-state index contributed by atoms with van der Waals surface area (Å²) in [6, 6.07) is 11.5. The van der Waals surface area contributed by atoms with Crippen molar-refractivity contribution in [2.24, 2.45) is 0 Å². The van der Waals surface area contributed by atoms with Crippen LogP contribution in [0.3, 0.4) is 0 Å². The number of nitrogens with zero attached hydrogens (tertiary/aromatic N) is 4. The fourth-order valence-electron chi connectivity index (χ4n) is 3.59. The van der Waals surface area contributed by atoms with E-state index in [1.165, 1.54) is 0 Å². The summed E-state index contributed by atoms with van der Waals surface area (Å²) in [4.78, 5) is 28.4. The van der Waals surface area contributed by atoms with Crippen LogP contribution in [-0.2, 0) is 24.3 Å².